The van der Waals surface area contributed by atoms with Crippen LogP contribution in [-0.2, 0) is 28.7 Å². The van der Waals surface area contributed by atoms with Gasteiger partial charge in [-0.05, 0) is 80.1 Å². The van der Waals surface area contributed by atoms with Gasteiger partial charge in [0.2, 0.25) is 0 Å². The number of esters is 2. The Morgan fingerprint density at radius 2 is 0.818 bits per heavy atom. The van der Waals surface area contributed by atoms with Crippen LogP contribution in [0.1, 0.15) is 92.9 Å². The fourth-order valence-corrected chi connectivity index (χ4v) is 3.95. The van der Waals surface area contributed by atoms with Gasteiger partial charge in [-0.25, -0.2) is 0 Å². The van der Waals surface area contributed by atoms with E-state index >= 15 is 0 Å². The van der Waals surface area contributed by atoms with Crippen molar-refractivity contribution >= 4 is 23.9 Å². The van der Waals surface area contributed by atoms with Gasteiger partial charge in [0.15, 0.2) is 0 Å². The van der Waals surface area contributed by atoms with E-state index in [4.69, 9.17) is 19.7 Å². The van der Waals surface area contributed by atoms with Crippen LogP contribution in [0.15, 0.2) is 0 Å². The Labute approximate surface area is 251 Å². The predicted molar refractivity (Wildman–Crippen MR) is 142 cm³/mol. The van der Waals surface area contributed by atoms with Gasteiger partial charge < -0.3 is 19.7 Å². The van der Waals surface area contributed by atoms with E-state index in [2.05, 4.69) is 0 Å². The summed E-state index contributed by atoms with van der Waals surface area (Å²) in [6, 6.07) is 0. The first-order chi connectivity index (χ1) is 19.7. The number of ether oxygens (including phenoxy) is 2. The van der Waals surface area contributed by atoms with Crippen molar-refractivity contribution in [3.05, 3.63) is 0 Å². The zero-order valence-electron chi connectivity index (χ0n) is 25.7. The third kappa shape index (κ3) is 21.9. The first-order valence-electron chi connectivity index (χ1n) is 13.9. The van der Waals surface area contributed by atoms with E-state index in [1.165, 1.54) is 0 Å². The number of carboxylic acid groups (broad SMARTS) is 2. The molecule has 0 aliphatic rings. The van der Waals surface area contributed by atoms with E-state index in [0.29, 0.717) is 0 Å². The van der Waals surface area contributed by atoms with Gasteiger partial charge in [-0.1, -0.05) is 0 Å². The largest absolute Gasteiger partial charge is 0.481 e. The summed E-state index contributed by atoms with van der Waals surface area (Å²) in [7, 11) is 0. The Morgan fingerprint density at radius 3 is 1.00 bits per heavy atom. The van der Waals surface area contributed by atoms with Crippen molar-refractivity contribution in [1.29, 1.82) is 0 Å². The number of rotatable bonds is 16. The maximum Gasteiger partial charge on any atom is 0.389 e. The molecule has 0 saturated heterocycles. The Bertz CT molecular complexity index is 820. The second kappa shape index (κ2) is 19.0. The zero-order chi connectivity index (χ0) is 35.1. The minimum atomic E-state index is -4.52. The molecule has 0 amide bonds. The van der Waals surface area contributed by atoms with Crippen LogP contribution in [0.3, 0.4) is 0 Å². The Morgan fingerprint density at radius 1 is 0.545 bits per heavy atom. The van der Waals surface area contributed by atoms with Crippen LogP contribution in [0.4, 0.5) is 35.1 Å². The maximum absolute atomic E-state index is 12.3. The fraction of sp³-hybridized carbons (Fsp3) is 0.857. The number of carbonyl (C=O) groups excluding carboxylic acids is 2. The van der Waals surface area contributed by atoms with Crippen molar-refractivity contribution in [3.8, 4) is 0 Å². The lowest BCUT2D eigenvalue weighted by molar-refractivity contribution is -0.170. The molecule has 0 aliphatic heterocycles. The molecule has 0 spiro atoms. The van der Waals surface area contributed by atoms with Gasteiger partial charge in [-0.2, -0.15) is 26.3 Å². The summed E-state index contributed by atoms with van der Waals surface area (Å²) >= 11 is 0. The predicted octanol–water partition coefficient (Wildman–Crippen LogP) is 7.47. The number of hydrogen-bond acceptors (Lipinski definition) is 6. The van der Waals surface area contributed by atoms with E-state index in [9.17, 15) is 54.3 Å². The molecule has 0 radical (unpaired) electrons. The highest BCUT2D eigenvalue weighted by Crippen LogP contribution is 2.32. The molecular weight excluding hydrogens is 616 g/mol. The molecule has 260 valence electrons. The molecule has 4 atom stereocenters. The molecule has 2 N–H and O–H groups in total. The number of carbonyl (C=O) groups is 4. The molecule has 0 heterocycles. The number of hydrogen-bond donors (Lipinski definition) is 2. The molecule has 0 aromatic carbocycles. The number of aliphatic carboxylic acids is 2. The summed E-state index contributed by atoms with van der Waals surface area (Å²) in [5.74, 6) is -10.5. The highest BCUT2D eigenvalue weighted by Gasteiger charge is 2.40. The monoisotopic (exact) mass is 660 g/mol. The van der Waals surface area contributed by atoms with Crippen LogP contribution in [0.25, 0.3) is 0 Å². The smallest absolute Gasteiger partial charge is 0.389 e. The quantitative estimate of drug-likeness (QED) is 0.129. The lowest BCUT2D eigenvalue weighted by Crippen LogP contribution is -2.36. The molecular formula is C28H44F8O8. The lowest BCUT2D eigenvalue weighted by atomic mass is 9.85. The van der Waals surface area contributed by atoms with Crippen molar-refractivity contribution in [2.24, 2.45) is 23.7 Å². The fourth-order valence-electron chi connectivity index (χ4n) is 3.95. The third-order valence-corrected chi connectivity index (χ3v) is 5.80. The average molecular weight is 661 g/mol. The minimum Gasteiger partial charge on any atom is -0.481 e. The summed E-state index contributed by atoms with van der Waals surface area (Å²) in [5, 5.41) is 18.2. The Kier molecular flexibility index (Phi) is 18.7. The van der Waals surface area contributed by atoms with E-state index < -0.39 is 110 Å². The molecule has 0 aromatic rings. The van der Waals surface area contributed by atoms with Crippen LogP contribution in [0, 0.1) is 23.7 Å². The molecule has 0 bridgehead atoms. The normalized spacial score (nSPS) is 15.2. The Balaban J connectivity index is 0. The highest BCUT2D eigenvalue weighted by atomic mass is 19.4. The number of alkyl halides is 8. The molecule has 0 saturated carbocycles. The summed E-state index contributed by atoms with van der Waals surface area (Å²) < 4.78 is 109. The maximum atomic E-state index is 12.3. The van der Waals surface area contributed by atoms with E-state index in [0.717, 1.165) is 0 Å². The van der Waals surface area contributed by atoms with Crippen molar-refractivity contribution in [2.75, 3.05) is 13.3 Å². The average Bonchev–Trinajstić information content (AvgIpc) is 2.79. The number of halogens is 8. The van der Waals surface area contributed by atoms with Gasteiger partial charge in [0.25, 0.3) is 0 Å². The molecule has 0 aromatic heterocycles. The summed E-state index contributed by atoms with van der Waals surface area (Å²) in [5.41, 5.74) is -1.81. The SMILES string of the molecule is CC(C)(C)OC(=O)[C@@H](CCCF)[C@@H](CCC(F)(F)F)C(=O)O.CC(C)(C)OC(=O)[C@H](CCCF)[C@@H](CCC(F)(F)F)C(=O)O. The second-order valence-corrected chi connectivity index (χ2v) is 12.1. The highest BCUT2D eigenvalue weighted by molar-refractivity contribution is 5.82. The molecule has 16 heteroatoms. The first kappa shape index (κ1) is 43.4. The lowest BCUT2D eigenvalue weighted by Gasteiger charge is -2.27. The number of carboxylic acids is 2. The topological polar surface area (TPSA) is 127 Å². The van der Waals surface area contributed by atoms with E-state index in [1.807, 2.05) is 0 Å². The Hall–Kier alpha value is -2.68. The van der Waals surface area contributed by atoms with Gasteiger partial charge >= 0.3 is 36.2 Å². The van der Waals surface area contributed by atoms with E-state index in [1.54, 1.807) is 41.5 Å². The molecule has 0 aliphatic carbocycles. The van der Waals surface area contributed by atoms with Crippen LogP contribution in [0.5, 0.6) is 0 Å². The second-order valence-electron chi connectivity index (χ2n) is 12.1. The van der Waals surface area contributed by atoms with Crippen LogP contribution in [-0.4, -0.2) is 71.0 Å². The van der Waals surface area contributed by atoms with Gasteiger partial charge in [0.1, 0.15) is 11.2 Å². The van der Waals surface area contributed by atoms with Crippen molar-refractivity contribution in [2.45, 2.75) is 116 Å². The van der Waals surface area contributed by atoms with Crippen molar-refractivity contribution in [1.82, 2.24) is 0 Å². The van der Waals surface area contributed by atoms with Crippen LogP contribution in [0.2, 0.25) is 0 Å². The van der Waals surface area contributed by atoms with Crippen molar-refractivity contribution in [3.63, 3.8) is 0 Å². The molecule has 8 nitrogen and oxygen atoms in total. The van der Waals surface area contributed by atoms with Gasteiger partial charge in [0, 0.05) is 12.8 Å². The van der Waals surface area contributed by atoms with Gasteiger partial charge in [-0.15, -0.1) is 0 Å². The minimum absolute atomic E-state index is 0.111. The third-order valence-electron chi connectivity index (χ3n) is 5.80. The van der Waals surface area contributed by atoms with Gasteiger partial charge in [-0.3, -0.25) is 28.0 Å². The first-order valence-corrected chi connectivity index (χ1v) is 13.9. The molecule has 0 fully saturated rings. The van der Waals surface area contributed by atoms with Gasteiger partial charge in [0.05, 0.1) is 37.0 Å². The molecule has 0 rings (SSSR count). The van der Waals surface area contributed by atoms with Crippen molar-refractivity contribution < 1.29 is 74.0 Å². The molecule has 0 unspecified atom stereocenters. The molecule has 44 heavy (non-hydrogen) atoms. The van der Waals surface area contributed by atoms with Crippen LogP contribution >= 0.6 is 0 Å². The summed E-state index contributed by atoms with van der Waals surface area (Å²) in [4.78, 5) is 46.5. The zero-order valence-corrected chi connectivity index (χ0v) is 25.7. The van der Waals surface area contributed by atoms with Crippen LogP contribution < -0.4 is 0 Å². The summed E-state index contributed by atoms with van der Waals surface area (Å²) in [6.45, 7) is 7.78. The summed E-state index contributed by atoms with van der Waals surface area (Å²) in [6.07, 6.45) is -13.7. The standard InChI is InChI=1S/2C14H22F4O4/c2*1-13(2,3)22-12(21)10(5-4-8-15)9(11(19)20)6-7-14(16,17)18/h2*9-10H,4-8H2,1-3H3,(H,19,20)/t9-,10+;9-,10-/m11/s1. The van der Waals surface area contributed by atoms with E-state index in [-0.39, 0.29) is 25.7 Å².